The number of non-ortho nitro benzene ring substituents is 1. The number of amides is 1. The number of hydrogen-bond donors (Lipinski definition) is 1. The number of nitro groups is 1. The van der Waals surface area contributed by atoms with Crippen molar-refractivity contribution in [1.82, 2.24) is 5.32 Å². The predicted octanol–water partition coefficient (Wildman–Crippen LogP) is 4.71. The number of methoxy groups -OCH3 is 1. The van der Waals surface area contributed by atoms with E-state index in [1.54, 1.807) is 61.7 Å². The molecule has 0 spiro atoms. The first-order valence-corrected chi connectivity index (χ1v) is 10.7. The van der Waals surface area contributed by atoms with Gasteiger partial charge in [0.05, 0.1) is 28.2 Å². The van der Waals surface area contributed by atoms with Crippen molar-refractivity contribution in [3.05, 3.63) is 98.9 Å². The molecule has 1 fully saturated rings. The van der Waals surface area contributed by atoms with Crippen LogP contribution in [0.25, 0.3) is 6.08 Å². The lowest BCUT2D eigenvalue weighted by molar-refractivity contribution is -0.384. The Morgan fingerprint density at radius 3 is 2.44 bits per heavy atom. The molecule has 1 N–H and O–H groups in total. The summed E-state index contributed by atoms with van der Waals surface area (Å²) in [5.74, 6) is 0.00847. The summed E-state index contributed by atoms with van der Waals surface area (Å²) in [6.07, 6.45) is 1.70. The van der Waals surface area contributed by atoms with E-state index in [4.69, 9.17) is 9.47 Å². The summed E-state index contributed by atoms with van der Waals surface area (Å²) < 4.78 is 10.4. The number of carbonyl (C=O) groups excluding carboxylic acids is 2. The van der Waals surface area contributed by atoms with E-state index in [1.165, 1.54) is 30.0 Å². The van der Waals surface area contributed by atoms with Gasteiger partial charge in [0.15, 0.2) is 5.17 Å². The van der Waals surface area contributed by atoms with Crippen LogP contribution >= 0.6 is 11.8 Å². The summed E-state index contributed by atoms with van der Waals surface area (Å²) in [5, 5.41) is 14.1. The van der Waals surface area contributed by atoms with Gasteiger partial charge in [-0.05, 0) is 65.9 Å². The Balaban J connectivity index is 1.42. The van der Waals surface area contributed by atoms with Crippen molar-refractivity contribution in [2.24, 2.45) is 4.99 Å². The highest BCUT2D eigenvalue weighted by Gasteiger charge is 2.23. The number of ether oxygens (including phenoxy) is 2. The van der Waals surface area contributed by atoms with Gasteiger partial charge >= 0.3 is 5.97 Å². The van der Waals surface area contributed by atoms with Crippen molar-refractivity contribution in [2.75, 3.05) is 7.11 Å². The SMILES string of the molecule is COc1ccc(N=C2NC(=O)/C(=C/c3ccc(OC(=O)c4cccc([N+](=O)[O-])c4)cc3)S2)cc1. The Morgan fingerprint density at radius 2 is 1.76 bits per heavy atom. The summed E-state index contributed by atoms with van der Waals surface area (Å²) in [5.41, 5.74) is 1.28. The summed E-state index contributed by atoms with van der Waals surface area (Å²) in [6.45, 7) is 0. The second kappa shape index (κ2) is 10.0. The fourth-order valence-electron chi connectivity index (χ4n) is 2.95. The molecule has 1 heterocycles. The number of rotatable bonds is 6. The van der Waals surface area contributed by atoms with Gasteiger partial charge in [-0.2, -0.15) is 0 Å². The van der Waals surface area contributed by atoms with E-state index < -0.39 is 10.9 Å². The van der Waals surface area contributed by atoms with Crippen LogP contribution in [-0.4, -0.2) is 29.1 Å². The molecule has 3 aromatic carbocycles. The minimum absolute atomic E-state index is 0.0723. The molecule has 0 saturated carbocycles. The maximum Gasteiger partial charge on any atom is 0.343 e. The minimum Gasteiger partial charge on any atom is -0.497 e. The third-order valence-electron chi connectivity index (χ3n) is 4.64. The summed E-state index contributed by atoms with van der Waals surface area (Å²) in [6, 6.07) is 19.0. The number of carbonyl (C=O) groups is 2. The Labute approximate surface area is 198 Å². The lowest BCUT2D eigenvalue weighted by Crippen LogP contribution is -2.19. The third-order valence-corrected chi connectivity index (χ3v) is 5.54. The quantitative estimate of drug-likeness (QED) is 0.180. The van der Waals surface area contributed by atoms with Crippen molar-refractivity contribution in [1.29, 1.82) is 0 Å². The second-order valence-corrected chi connectivity index (χ2v) is 7.98. The Kier molecular flexibility index (Phi) is 6.69. The maximum atomic E-state index is 12.3. The van der Waals surface area contributed by atoms with Crippen LogP contribution in [0.2, 0.25) is 0 Å². The van der Waals surface area contributed by atoms with E-state index >= 15 is 0 Å². The first-order valence-electron chi connectivity index (χ1n) is 9.91. The lowest BCUT2D eigenvalue weighted by Gasteiger charge is -2.05. The summed E-state index contributed by atoms with van der Waals surface area (Å²) >= 11 is 1.21. The summed E-state index contributed by atoms with van der Waals surface area (Å²) in [4.78, 5) is 39.8. The van der Waals surface area contributed by atoms with Gasteiger partial charge in [-0.15, -0.1) is 0 Å². The van der Waals surface area contributed by atoms with Crippen LogP contribution in [0.4, 0.5) is 11.4 Å². The van der Waals surface area contributed by atoms with Crippen LogP contribution in [-0.2, 0) is 4.79 Å². The van der Waals surface area contributed by atoms with Crippen LogP contribution in [0.3, 0.4) is 0 Å². The molecule has 1 saturated heterocycles. The molecule has 1 amide bonds. The van der Waals surface area contributed by atoms with Crippen LogP contribution in [0.15, 0.2) is 82.7 Å². The molecule has 0 aromatic heterocycles. The van der Waals surface area contributed by atoms with Crippen molar-refractivity contribution in [3.63, 3.8) is 0 Å². The number of esters is 1. The molecule has 170 valence electrons. The number of amidine groups is 1. The van der Waals surface area contributed by atoms with Crippen LogP contribution in [0, 0.1) is 10.1 Å². The number of benzene rings is 3. The standard InChI is InChI=1S/C24H17N3O6S/c1-32-19-11-7-17(8-12-19)25-24-26-22(28)21(34-24)13-15-5-9-20(10-6-15)33-23(29)16-3-2-4-18(14-16)27(30)31/h2-14H,1H3,(H,25,26,28)/b21-13-. The van der Waals surface area contributed by atoms with Gasteiger partial charge < -0.3 is 14.8 Å². The van der Waals surface area contributed by atoms with Gasteiger partial charge in [-0.25, -0.2) is 9.79 Å². The molecule has 3 aromatic rings. The number of hydrogen-bond acceptors (Lipinski definition) is 8. The van der Waals surface area contributed by atoms with E-state index in [0.29, 0.717) is 21.5 Å². The number of thioether (sulfide) groups is 1. The lowest BCUT2D eigenvalue weighted by atomic mass is 10.2. The van der Waals surface area contributed by atoms with E-state index in [9.17, 15) is 19.7 Å². The van der Waals surface area contributed by atoms with Gasteiger partial charge in [0, 0.05) is 12.1 Å². The van der Waals surface area contributed by atoms with E-state index in [1.807, 2.05) is 0 Å². The van der Waals surface area contributed by atoms with Crippen molar-refractivity contribution < 1.29 is 24.0 Å². The maximum absolute atomic E-state index is 12.3. The summed E-state index contributed by atoms with van der Waals surface area (Å²) in [7, 11) is 1.58. The third kappa shape index (κ3) is 5.48. The van der Waals surface area contributed by atoms with E-state index in [-0.39, 0.29) is 22.9 Å². The van der Waals surface area contributed by atoms with E-state index in [2.05, 4.69) is 10.3 Å². The second-order valence-electron chi connectivity index (χ2n) is 6.95. The first-order chi connectivity index (χ1) is 16.4. The van der Waals surface area contributed by atoms with Gasteiger partial charge in [-0.3, -0.25) is 14.9 Å². The Morgan fingerprint density at radius 1 is 1.06 bits per heavy atom. The van der Waals surface area contributed by atoms with Crippen LogP contribution in [0.1, 0.15) is 15.9 Å². The van der Waals surface area contributed by atoms with Crippen LogP contribution < -0.4 is 14.8 Å². The number of nitro benzene ring substituents is 1. The molecule has 9 nitrogen and oxygen atoms in total. The fourth-order valence-corrected chi connectivity index (χ4v) is 3.79. The van der Waals surface area contributed by atoms with Gasteiger partial charge in [0.2, 0.25) is 0 Å². The monoisotopic (exact) mass is 475 g/mol. The Bertz CT molecular complexity index is 1320. The molecule has 34 heavy (non-hydrogen) atoms. The zero-order chi connectivity index (χ0) is 24.1. The minimum atomic E-state index is -0.708. The Hall–Kier alpha value is -4.44. The zero-order valence-electron chi connectivity index (χ0n) is 17.8. The predicted molar refractivity (Wildman–Crippen MR) is 128 cm³/mol. The topological polar surface area (TPSA) is 120 Å². The largest absolute Gasteiger partial charge is 0.497 e. The number of nitrogens with zero attached hydrogens (tertiary/aromatic N) is 2. The van der Waals surface area contributed by atoms with Crippen molar-refractivity contribution in [2.45, 2.75) is 0 Å². The fraction of sp³-hybridized carbons (Fsp3) is 0.0417. The molecule has 0 aliphatic carbocycles. The van der Waals surface area contributed by atoms with Gasteiger partial charge in [-0.1, -0.05) is 18.2 Å². The number of nitrogens with one attached hydrogen (secondary N) is 1. The molecule has 4 rings (SSSR count). The van der Waals surface area contributed by atoms with Gasteiger partial charge in [0.1, 0.15) is 11.5 Å². The average molecular weight is 475 g/mol. The molecule has 1 aliphatic rings. The highest BCUT2D eigenvalue weighted by molar-refractivity contribution is 8.18. The molecule has 0 bridgehead atoms. The van der Waals surface area contributed by atoms with E-state index in [0.717, 1.165) is 11.6 Å². The van der Waals surface area contributed by atoms with Crippen LogP contribution in [0.5, 0.6) is 11.5 Å². The first kappa shape index (κ1) is 22.7. The molecule has 10 heteroatoms. The van der Waals surface area contributed by atoms with Crippen molar-refractivity contribution >= 4 is 46.3 Å². The molecule has 0 radical (unpaired) electrons. The van der Waals surface area contributed by atoms with Crippen molar-refractivity contribution in [3.8, 4) is 11.5 Å². The molecule has 0 atom stereocenters. The normalized spacial score (nSPS) is 15.3. The molecule has 0 unspecified atom stereocenters. The molecular formula is C24H17N3O6S. The van der Waals surface area contributed by atoms with Gasteiger partial charge in [0.25, 0.3) is 11.6 Å². The smallest absolute Gasteiger partial charge is 0.343 e. The average Bonchev–Trinajstić information content (AvgIpc) is 3.19. The highest BCUT2D eigenvalue weighted by Crippen LogP contribution is 2.29. The highest BCUT2D eigenvalue weighted by atomic mass is 32.2. The molecule has 1 aliphatic heterocycles. The number of aliphatic imine (C=N–C) groups is 1. The zero-order valence-corrected chi connectivity index (χ0v) is 18.6. The molecular weight excluding hydrogens is 458 g/mol.